The Balaban J connectivity index is 2.33. The Kier molecular flexibility index (Phi) is 3.84. The highest BCUT2D eigenvalue weighted by Crippen LogP contribution is 2.27. The molecule has 0 saturated carbocycles. The van der Waals surface area contributed by atoms with E-state index in [0.29, 0.717) is 11.5 Å². The maximum absolute atomic E-state index is 13.6. The predicted molar refractivity (Wildman–Crippen MR) is 72.5 cm³/mol. The molecular formula is C12H10BrF2N3O. The van der Waals surface area contributed by atoms with Crippen molar-refractivity contribution in [2.75, 3.05) is 18.2 Å². The fraction of sp³-hybridized carbons (Fsp3) is 0.0833. The second-order valence-electron chi connectivity index (χ2n) is 3.67. The van der Waals surface area contributed by atoms with Crippen LogP contribution in [0.25, 0.3) is 0 Å². The van der Waals surface area contributed by atoms with Gasteiger partial charge in [-0.15, -0.1) is 0 Å². The van der Waals surface area contributed by atoms with Crippen molar-refractivity contribution >= 4 is 33.1 Å². The van der Waals surface area contributed by atoms with E-state index in [4.69, 9.17) is 10.5 Å². The van der Waals surface area contributed by atoms with Crippen LogP contribution in [0.4, 0.5) is 26.0 Å². The molecule has 100 valence electrons. The van der Waals surface area contributed by atoms with Crippen LogP contribution in [-0.2, 0) is 0 Å². The van der Waals surface area contributed by atoms with Crippen LogP contribution < -0.4 is 15.8 Å². The Bertz CT molecular complexity index is 622. The van der Waals surface area contributed by atoms with E-state index < -0.39 is 11.6 Å². The number of nitrogens with one attached hydrogen (secondary N) is 1. The van der Waals surface area contributed by atoms with Crippen LogP contribution in [0.15, 0.2) is 28.7 Å². The lowest BCUT2D eigenvalue weighted by molar-refractivity contribution is 0.401. The summed E-state index contributed by atoms with van der Waals surface area (Å²) in [5, 5.41) is 2.72. The minimum Gasteiger partial charge on any atom is -0.479 e. The predicted octanol–water partition coefficient (Wildman–Crippen LogP) is 3.46. The number of ether oxygens (including phenoxy) is 1. The second kappa shape index (κ2) is 5.40. The van der Waals surface area contributed by atoms with Crippen LogP contribution in [-0.4, -0.2) is 12.1 Å². The van der Waals surface area contributed by atoms with E-state index in [-0.39, 0.29) is 16.0 Å². The third kappa shape index (κ3) is 2.93. The number of nitrogens with two attached hydrogens (primary N) is 1. The minimum absolute atomic E-state index is 0.0904. The molecule has 0 aliphatic carbocycles. The quantitative estimate of drug-likeness (QED) is 0.846. The molecule has 0 aliphatic rings. The number of hydrogen-bond acceptors (Lipinski definition) is 4. The van der Waals surface area contributed by atoms with Crippen molar-refractivity contribution in [2.24, 2.45) is 0 Å². The summed E-state index contributed by atoms with van der Waals surface area (Å²) in [5.74, 6) is -0.834. The summed E-state index contributed by atoms with van der Waals surface area (Å²) in [6, 6.07) is 5.20. The van der Waals surface area contributed by atoms with Crippen molar-refractivity contribution in [3.05, 3.63) is 40.4 Å². The first-order valence-corrected chi connectivity index (χ1v) is 6.02. The van der Waals surface area contributed by atoms with Gasteiger partial charge in [0.05, 0.1) is 23.0 Å². The average Bonchev–Trinajstić information content (AvgIpc) is 2.38. The summed E-state index contributed by atoms with van der Waals surface area (Å²) in [5.41, 5.74) is 6.08. The van der Waals surface area contributed by atoms with Crippen LogP contribution in [0.2, 0.25) is 0 Å². The summed E-state index contributed by atoms with van der Waals surface area (Å²) in [4.78, 5) is 4.05. The van der Waals surface area contributed by atoms with Gasteiger partial charge in [0, 0.05) is 6.07 Å². The van der Waals surface area contributed by atoms with Crippen molar-refractivity contribution in [1.29, 1.82) is 0 Å². The van der Waals surface area contributed by atoms with Crippen LogP contribution >= 0.6 is 15.9 Å². The molecule has 0 saturated heterocycles. The van der Waals surface area contributed by atoms with Crippen molar-refractivity contribution < 1.29 is 13.5 Å². The monoisotopic (exact) mass is 329 g/mol. The number of aromatic nitrogens is 1. The topological polar surface area (TPSA) is 60.2 Å². The van der Waals surface area contributed by atoms with Crippen molar-refractivity contribution in [3.8, 4) is 5.88 Å². The van der Waals surface area contributed by atoms with Crippen LogP contribution in [0.1, 0.15) is 0 Å². The zero-order valence-corrected chi connectivity index (χ0v) is 11.5. The Hall–Kier alpha value is -1.89. The summed E-state index contributed by atoms with van der Waals surface area (Å²) in [7, 11) is 1.43. The molecule has 0 amide bonds. The molecule has 2 rings (SSSR count). The van der Waals surface area contributed by atoms with Crippen LogP contribution in [0, 0.1) is 11.6 Å². The number of methoxy groups -OCH3 is 1. The van der Waals surface area contributed by atoms with Gasteiger partial charge >= 0.3 is 0 Å². The molecule has 1 heterocycles. The molecular weight excluding hydrogens is 320 g/mol. The first-order chi connectivity index (χ1) is 9.01. The maximum atomic E-state index is 13.6. The molecule has 0 fully saturated rings. The van der Waals surface area contributed by atoms with Crippen molar-refractivity contribution in [3.63, 3.8) is 0 Å². The Morgan fingerprint density at radius 1 is 1.26 bits per heavy atom. The molecule has 1 aromatic heterocycles. The third-order valence-electron chi connectivity index (χ3n) is 2.36. The highest BCUT2D eigenvalue weighted by atomic mass is 79.9. The van der Waals surface area contributed by atoms with Gasteiger partial charge < -0.3 is 15.8 Å². The number of anilines is 3. The normalized spacial score (nSPS) is 10.3. The number of benzene rings is 1. The summed E-state index contributed by atoms with van der Waals surface area (Å²) in [6.45, 7) is 0. The molecule has 0 atom stereocenters. The number of pyridine rings is 1. The smallest absolute Gasteiger partial charge is 0.238 e. The molecule has 7 heteroatoms. The van der Waals surface area contributed by atoms with E-state index in [1.54, 1.807) is 12.1 Å². The van der Waals surface area contributed by atoms with E-state index in [1.165, 1.54) is 13.2 Å². The van der Waals surface area contributed by atoms with E-state index in [1.807, 2.05) is 0 Å². The van der Waals surface area contributed by atoms with E-state index in [2.05, 4.69) is 26.2 Å². The number of nitrogens with zero attached hydrogens (tertiary/aromatic N) is 1. The zero-order valence-electron chi connectivity index (χ0n) is 9.88. The standard InChI is InChI=1S/C12H10BrF2N3O/c1-19-12-9(16)2-3-11(18-12)17-10-4-6(13)7(14)5-8(10)15/h2-5H,16H2,1H3,(H,17,18). The molecule has 19 heavy (non-hydrogen) atoms. The highest BCUT2D eigenvalue weighted by molar-refractivity contribution is 9.10. The molecule has 4 nitrogen and oxygen atoms in total. The van der Waals surface area contributed by atoms with Gasteiger partial charge in [-0.2, -0.15) is 4.98 Å². The third-order valence-corrected chi connectivity index (χ3v) is 2.96. The number of nitrogen functional groups attached to an aromatic ring is 1. The molecule has 2 aromatic rings. The summed E-state index contributed by atoms with van der Waals surface area (Å²) in [6.07, 6.45) is 0. The van der Waals surface area contributed by atoms with Crippen molar-refractivity contribution in [2.45, 2.75) is 0 Å². The van der Waals surface area contributed by atoms with E-state index in [9.17, 15) is 8.78 Å². The van der Waals surface area contributed by atoms with Crippen molar-refractivity contribution in [1.82, 2.24) is 4.98 Å². The van der Waals surface area contributed by atoms with Gasteiger partial charge in [0.15, 0.2) is 0 Å². The van der Waals surface area contributed by atoms with Gasteiger partial charge in [-0.1, -0.05) is 0 Å². The molecule has 0 spiro atoms. The average molecular weight is 330 g/mol. The van der Waals surface area contributed by atoms with Gasteiger partial charge in [0.1, 0.15) is 17.5 Å². The largest absolute Gasteiger partial charge is 0.479 e. The number of hydrogen-bond donors (Lipinski definition) is 2. The molecule has 3 N–H and O–H groups in total. The van der Waals surface area contributed by atoms with Gasteiger partial charge in [-0.25, -0.2) is 8.78 Å². The lowest BCUT2D eigenvalue weighted by Gasteiger charge is -2.10. The van der Waals surface area contributed by atoms with E-state index >= 15 is 0 Å². The van der Waals surface area contributed by atoms with Gasteiger partial charge in [-0.3, -0.25) is 0 Å². The van der Waals surface area contributed by atoms with Crippen LogP contribution in [0.3, 0.4) is 0 Å². The lowest BCUT2D eigenvalue weighted by atomic mass is 10.3. The van der Waals surface area contributed by atoms with Crippen LogP contribution in [0.5, 0.6) is 5.88 Å². The zero-order chi connectivity index (χ0) is 14.0. The van der Waals surface area contributed by atoms with Gasteiger partial charge in [0.25, 0.3) is 0 Å². The van der Waals surface area contributed by atoms with E-state index in [0.717, 1.165) is 6.07 Å². The Morgan fingerprint density at radius 3 is 2.68 bits per heavy atom. The minimum atomic E-state index is -0.724. The van der Waals surface area contributed by atoms with Gasteiger partial charge in [0.2, 0.25) is 5.88 Å². The first-order valence-electron chi connectivity index (χ1n) is 5.23. The summed E-state index contributed by atoms with van der Waals surface area (Å²) >= 11 is 2.99. The molecule has 0 unspecified atom stereocenters. The number of rotatable bonds is 3. The molecule has 0 aliphatic heterocycles. The lowest BCUT2D eigenvalue weighted by Crippen LogP contribution is -2.01. The first kappa shape index (κ1) is 13.5. The maximum Gasteiger partial charge on any atom is 0.238 e. The number of halogens is 3. The Labute approximate surface area is 116 Å². The van der Waals surface area contributed by atoms with Gasteiger partial charge in [-0.05, 0) is 34.1 Å². The molecule has 1 aromatic carbocycles. The fourth-order valence-corrected chi connectivity index (χ4v) is 1.78. The second-order valence-corrected chi connectivity index (χ2v) is 4.52. The fourth-order valence-electron chi connectivity index (χ4n) is 1.44. The molecule has 0 radical (unpaired) electrons. The summed E-state index contributed by atoms with van der Waals surface area (Å²) < 4.78 is 31.8. The SMILES string of the molecule is COc1nc(Nc2cc(Br)c(F)cc2F)ccc1N. The Morgan fingerprint density at radius 2 is 2.00 bits per heavy atom. The molecule has 0 bridgehead atoms. The highest BCUT2D eigenvalue weighted by Gasteiger charge is 2.10.